The van der Waals surface area contributed by atoms with Crippen LogP contribution in [0.1, 0.15) is 220 Å². The van der Waals surface area contributed by atoms with Crippen LogP contribution in [0.2, 0.25) is 0 Å². The van der Waals surface area contributed by atoms with Crippen molar-refractivity contribution in [1.29, 1.82) is 0 Å². The fourth-order valence-electron chi connectivity index (χ4n) is 22.0. The van der Waals surface area contributed by atoms with Crippen LogP contribution in [0, 0.1) is 50.2 Å². The van der Waals surface area contributed by atoms with Crippen molar-refractivity contribution in [3.8, 4) is 0 Å². The largest absolute Gasteiger partial charge is 0.396 e. The van der Waals surface area contributed by atoms with Crippen molar-refractivity contribution in [3.63, 3.8) is 0 Å². The Bertz CT molecular complexity index is 3210. The highest BCUT2D eigenvalue weighted by atomic mass is 16.6. The molecule has 1 spiro atoms. The van der Waals surface area contributed by atoms with E-state index in [0.29, 0.717) is 82.3 Å². The number of allylic oxidation sites excluding steroid dienone is 1. The highest BCUT2D eigenvalue weighted by molar-refractivity contribution is 6.02. The number of fused-ring (bicyclic) bond motifs is 8. The summed E-state index contributed by atoms with van der Waals surface area (Å²) in [4.78, 5) is 39.5. The van der Waals surface area contributed by atoms with Crippen LogP contribution in [-0.2, 0) is 37.6 Å². The van der Waals surface area contributed by atoms with E-state index >= 15 is 9.59 Å². The molecule has 10 aliphatic rings. The number of aliphatic hydroxyl groups excluding tert-OH is 3. The van der Waals surface area contributed by atoms with Gasteiger partial charge in [0.2, 0.25) is 0 Å². The van der Waals surface area contributed by atoms with Crippen LogP contribution in [0.5, 0.6) is 0 Å². The number of aryl methyl sites for hydroxylation is 1. The SMILES string of the molecule is CNCCC1(C)C(=O)C2c3cc[nH]c3C3CCC2(C3)C2(C)C1CCC1(C)C2C(O)C2Cn3cc(C(CCO)c4cc(C5CCCCC5)cc(C5(O)CCOCC5)c4)c4[nH]cc(c43)CCC(C)(CC(O)C3OC3(C)C)C3=C2C1(C)CC3=O. The van der Waals surface area contributed by atoms with Gasteiger partial charge in [-0.15, -0.1) is 0 Å². The predicted octanol–water partition coefficient (Wildman–Crippen LogP) is 11.3. The molecule has 3 aromatic heterocycles. The lowest BCUT2D eigenvalue weighted by Crippen LogP contribution is -2.74. The molecule has 438 valence electrons. The number of hydrogen-bond acceptors (Lipinski definition) is 9. The zero-order valence-corrected chi connectivity index (χ0v) is 49.9. The van der Waals surface area contributed by atoms with Crippen molar-refractivity contribution in [2.75, 3.05) is 33.4 Å². The van der Waals surface area contributed by atoms with Crippen molar-refractivity contribution in [1.82, 2.24) is 19.9 Å². The Morgan fingerprint density at radius 2 is 1.68 bits per heavy atom. The number of epoxide rings is 1. The first-order valence-electron chi connectivity index (χ1n) is 32.0. The average Bonchev–Trinajstić information content (AvgIpc) is 2.59. The Balaban J connectivity index is 0.968. The van der Waals surface area contributed by atoms with E-state index in [1.165, 1.54) is 36.1 Å². The van der Waals surface area contributed by atoms with Crippen molar-refractivity contribution in [2.24, 2.45) is 50.2 Å². The van der Waals surface area contributed by atoms with Crippen molar-refractivity contribution < 1.29 is 39.5 Å². The summed E-state index contributed by atoms with van der Waals surface area (Å²) in [6.07, 6.45) is 19.3. The van der Waals surface area contributed by atoms with Gasteiger partial charge in [-0.1, -0.05) is 72.1 Å². The van der Waals surface area contributed by atoms with E-state index in [1.54, 1.807) is 0 Å². The van der Waals surface area contributed by atoms with E-state index in [1.807, 2.05) is 20.9 Å². The topological polar surface area (TPSA) is 185 Å². The maximum absolute atomic E-state index is 16.0. The molecule has 6 heterocycles. The molecule has 1 aromatic carbocycles. The van der Waals surface area contributed by atoms with Crippen molar-refractivity contribution in [3.05, 3.63) is 93.1 Å². The third kappa shape index (κ3) is 7.56. The Morgan fingerprint density at radius 3 is 2.41 bits per heavy atom. The van der Waals surface area contributed by atoms with Crippen LogP contribution in [0.4, 0.5) is 0 Å². The zero-order valence-electron chi connectivity index (χ0n) is 49.9. The van der Waals surface area contributed by atoms with Gasteiger partial charge in [-0.25, -0.2) is 0 Å². The van der Waals surface area contributed by atoms with E-state index in [2.05, 4.69) is 97.3 Å². The third-order valence-electron chi connectivity index (χ3n) is 26.2. The number of ketones is 2. The van der Waals surface area contributed by atoms with Crippen LogP contribution < -0.4 is 5.32 Å². The van der Waals surface area contributed by atoms with Gasteiger partial charge in [-0.3, -0.25) is 9.59 Å². The summed E-state index contributed by atoms with van der Waals surface area (Å²) in [5, 5.41) is 54.1. The summed E-state index contributed by atoms with van der Waals surface area (Å²) >= 11 is 0. The summed E-state index contributed by atoms with van der Waals surface area (Å²) in [6, 6.07) is 9.14. The molecule has 81 heavy (non-hydrogen) atoms. The Hall–Kier alpha value is -3.88. The van der Waals surface area contributed by atoms with Crippen LogP contribution in [-0.4, -0.2) is 104 Å². The second kappa shape index (κ2) is 18.8. The number of Topliss-reactive ketones (excluding diaryl/α,β-unsaturated/α-hetero) is 2. The molecular weight excluding hydrogens is 1010 g/mol. The number of aromatic amines is 2. The van der Waals surface area contributed by atoms with E-state index in [-0.39, 0.29) is 47.6 Å². The average molecular weight is 1110 g/mol. The molecule has 4 aromatic rings. The first kappa shape index (κ1) is 55.0. The van der Waals surface area contributed by atoms with Crippen molar-refractivity contribution >= 4 is 22.6 Å². The molecule has 0 amide bonds. The van der Waals surface area contributed by atoms with Gasteiger partial charge in [-0.2, -0.15) is 0 Å². The van der Waals surface area contributed by atoms with Gasteiger partial charge in [0.1, 0.15) is 11.9 Å². The number of aromatic nitrogens is 3. The molecule has 12 nitrogen and oxygen atoms in total. The summed E-state index contributed by atoms with van der Waals surface area (Å²) in [5.74, 6) is 0.0964. The number of nitrogens with zero attached hydrogens (tertiary/aromatic N) is 1. The molecule has 2 bridgehead atoms. The smallest absolute Gasteiger partial charge is 0.160 e. The minimum atomic E-state index is -1.01. The van der Waals surface area contributed by atoms with Crippen molar-refractivity contribution in [2.45, 2.75) is 224 Å². The molecular formula is C69H94N4O8. The highest BCUT2D eigenvalue weighted by Crippen LogP contribution is 2.83. The van der Waals surface area contributed by atoms with Crippen LogP contribution in [0.25, 0.3) is 11.0 Å². The Kier molecular flexibility index (Phi) is 12.8. The number of ether oxygens (including phenoxy) is 2. The normalized spacial score (nSPS) is 40.1. The number of rotatable bonds is 12. The standard InChI is InChI=1S/C69H94N4O8/c1-62(2)61(81-62)50(76)34-63(3)19-14-41-36-72-56-47(45(18-27-74)43-30-42(39-12-10-9-11-13-39)31-44(32-43)69(79)23-28-80-29-24-69)37-73(57(41)56)38-48-52-54(63)49(75)35-66(52,6)65(5)20-16-51-64(4,22-26-70-8)60(78)53-46-17-25-71-55(46)40-15-21-68(53,33-40)67(51,7)59(65)58(48)77/h17,25,30-32,36-37,39-40,45,48,50-51,53,58-59,61,70-72,74,76-77,79H,9-16,18-24,26-29,33-35,38H2,1-8H3. The van der Waals surface area contributed by atoms with Crippen LogP contribution >= 0.6 is 0 Å². The number of carbonyl (C=O) groups is 2. The maximum Gasteiger partial charge on any atom is 0.160 e. The molecule has 0 radical (unpaired) electrons. The second-order valence-corrected chi connectivity index (χ2v) is 30.3. The lowest BCUT2D eigenvalue weighted by molar-refractivity contribution is -0.267. The number of hydrogen-bond donors (Lipinski definition) is 7. The van der Waals surface area contributed by atoms with Gasteiger partial charge in [0.25, 0.3) is 0 Å². The minimum Gasteiger partial charge on any atom is -0.396 e. The van der Waals surface area contributed by atoms with Gasteiger partial charge >= 0.3 is 0 Å². The summed E-state index contributed by atoms with van der Waals surface area (Å²) in [5.41, 5.74) is 7.23. The Labute approximate surface area is 480 Å². The Morgan fingerprint density at radius 1 is 0.914 bits per heavy atom. The molecule has 14 rings (SSSR count). The third-order valence-corrected chi connectivity index (χ3v) is 26.2. The fourth-order valence-corrected chi connectivity index (χ4v) is 22.0. The van der Waals surface area contributed by atoms with E-state index in [9.17, 15) is 20.4 Å². The molecule has 2 saturated heterocycles. The molecule has 7 aliphatic carbocycles. The molecule has 12 heteroatoms. The van der Waals surface area contributed by atoms with E-state index in [0.717, 1.165) is 102 Å². The van der Waals surface area contributed by atoms with Gasteiger partial charge in [0.15, 0.2) is 5.78 Å². The number of H-pyrrole nitrogens is 2. The fraction of sp³-hybridized carbons (Fsp3) is 0.710. The van der Waals surface area contributed by atoms with Gasteiger partial charge < -0.3 is 49.8 Å². The number of benzene rings is 1. The summed E-state index contributed by atoms with van der Waals surface area (Å²) < 4.78 is 14.4. The monoisotopic (exact) mass is 1110 g/mol. The minimum absolute atomic E-state index is 0.0180. The molecule has 7 fully saturated rings. The van der Waals surface area contributed by atoms with Crippen LogP contribution in [0.3, 0.4) is 0 Å². The molecule has 3 aliphatic heterocycles. The molecule has 5 saturated carbocycles. The van der Waals surface area contributed by atoms with Gasteiger partial charge in [0.05, 0.1) is 40.4 Å². The highest BCUT2D eigenvalue weighted by Gasteiger charge is 2.80. The van der Waals surface area contributed by atoms with Gasteiger partial charge in [-0.05, 0) is 189 Å². The first-order chi connectivity index (χ1) is 38.6. The lowest BCUT2D eigenvalue weighted by atomic mass is 9.28. The summed E-state index contributed by atoms with van der Waals surface area (Å²) in [6.45, 7) is 18.2. The molecule has 7 N–H and O–H groups in total. The quantitative estimate of drug-likeness (QED) is 0.0678. The molecule has 15 atom stereocenters. The zero-order chi connectivity index (χ0) is 56.6. The maximum atomic E-state index is 16.0. The second-order valence-electron chi connectivity index (χ2n) is 30.3. The number of carbonyl (C=O) groups excluding carboxylic acids is 2. The van der Waals surface area contributed by atoms with Crippen LogP contribution in [0.15, 0.2) is 54.0 Å². The lowest BCUT2D eigenvalue weighted by Gasteiger charge is -2.76. The number of aliphatic hydroxyl groups is 4. The predicted molar refractivity (Wildman–Crippen MR) is 313 cm³/mol. The first-order valence-corrected chi connectivity index (χ1v) is 32.0. The van der Waals surface area contributed by atoms with E-state index in [4.69, 9.17) is 9.47 Å². The molecule has 15 unspecified atom stereocenters. The van der Waals surface area contributed by atoms with E-state index < -0.39 is 56.4 Å². The number of nitrogens with one attached hydrogen (secondary N) is 3. The summed E-state index contributed by atoms with van der Waals surface area (Å²) in [7, 11) is 2.00. The van der Waals surface area contributed by atoms with Gasteiger partial charge in [0, 0.05) is 104 Å².